The number of thioether (sulfide) groups is 1. The molecule has 0 spiro atoms. The van der Waals surface area contributed by atoms with E-state index in [-0.39, 0.29) is 0 Å². The molecule has 0 bridgehead atoms. The van der Waals surface area contributed by atoms with Gasteiger partial charge < -0.3 is 9.47 Å². The third-order valence-corrected chi connectivity index (χ3v) is 2.86. The third kappa shape index (κ3) is 2.36. The van der Waals surface area contributed by atoms with Crippen molar-refractivity contribution in [3.63, 3.8) is 0 Å². The molecular weight excluding hydrogens is 238 g/mol. The number of rotatable bonds is 4. The van der Waals surface area contributed by atoms with Crippen molar-refractivity contribution in [3.8, 4) is 22.9 Å². The highest BCUT2D eigenvalue weighted by Gasteiger charge is 2.11. The van der Waals surface area contributed by atoms with E-state index in [1.165, 1.54) is 11.8 Å². The van der Waals surface area contributed by atoms with Crippen molar-refractivity contribution in [1.82, 2.24) is 15.2 Å². The molecule has 1 heterocycles. The van der Waals surface area contributed by atoms with Gasteiger partial charge in [0, 0.05) is 6.07 Å². The number of hydrogen-bond donors (Lipinski definition) is 1. The van der Waals surface area contributed by atoms with Crippen molar-refractivity contribution in [1.29, 1.82) is 0 Å². The largest absolute Gasteiger partial charge is 0.497 e. The number of nitrogens with one attached hydrogen (secondary N) is 1. The van der Waals surface area contributed by atoms with Gasteiger partial charge in [-0.05, 0) is 18.4 Å². The fourth-order valence-corrected chi connectivity index (χ4v) is 1.77. The summed E-state index contributed by atoms with van der Waals surface area (Å²) in [7, 11) is 3.23. The highest BCUT2D eigenvalue weighted by molar-refractivity contribution is 7.98. The van der Waals surface area contributed by atoms with Crippen molar-refractivity contribution in [2.24, 2.45) is 0 Å². The zero-order chi connectivity index (χ0) is 12.3. The Kier molecular flexibility index (Phi) is 3.53. The lowest BCUT2D eigenvalue weighted by Gasteiger charge is -2.07. The molecule has 0 aliphatic carbocycles. The van der Waals surface area contributed by atoms with Crippen molar-refractivity contribution >= 4 is 11.8 Å². The molecule has 1 N–H and O–H groups in total. The Morgan fingerprint density at radius 2 is 2.06 bits per heavy atom. The van der Waals surface area contributed by atoms with E-state index in [9.17, 15) is 0 Å². The fourth-order valence-electron chi connectivity index (χ4n) is 1.45. The lowest BCUT2D eigenvalue weighted by molar-refractivity contribution is 0.395. The van der Waals surface area contributed by atoms with Crippen LogP contribution in [-0.2, 0) is 0 Å². The van der Waals surface area contributed by atoms with Crippen LogP contribution >= 0.6 is 11.8 Å². The van der Waals surface area contributed by atoms with Crippen LogP contribution in [0.2, 0.25) is 0 Å². The maximum Gasteiger partial charge on any atom is 0.208 e. The molecule has 0 aliphatic heterocycles. The summed E-state index contributed by atoms with van der Waals surface area (Å²) in [5, 5.41) is 7.66. The molecule has 0 fully saturated rings. The zero-order valence-electron chi connectivity index (χ0n) is 9.85. The highest BCUT2D eigenvalue weighted by Crippen LogP contribution is 2.31. The molecule has 1 aromatic heterocycles. The lowest BCUT2D eigenvalue weighted by atomic mass is 10.2. The lowest BCUT2D eigenvalue weighted by Crippen LogP contribution is -1.91. The second-order valence-electron chi connectivity index (χ2n) is 3.24. The number of benzene rings is 1. The van der Waals surface area contributed by atoms with Gasteiger partial charge in [-0.2, -0.15) is 0 Å². The number of hydrogen-bond acceptors (Lipinski definition) is 5. The molecule has 2 rings (SSSR count). The fraction of sp³-hybridized carbons (Fsp3) is 0.273. The highest BCUT2D eigenvalue weighted by atomic mass is 32.2. The average molecular weight is 251 g/mol. The molecule has 0 amide bonds. The summed E-state index contributed by atoms with van der Waals surface area (Å²) in [6.45, 7) is 0. The van der Waals surface area contributed by atoms with E-state index in [1.54, 1.807) is 14.2 Å². The normalized spacial score (nSPS) is 10.3. The van der Waals surface area contributed by atoms with Gasteiger partial charge in [-0.25, -0.2) is 4.98 Å². The first kappa shape index (κ1) is 11.8. The number of H-pyrrole nitrogens is 1. The molecule has 1 aromatic carbocycles. The average Bonchev–Trinajstić information content (AvgIpc) is 2.86. The number of aromatic amines is 1. The van der Waals surface area contributed by atoms with Crippen molar-refractivity contribution in [2.75, 3.05) is 20.5 Å². The molecule has 2 aromatic rings. The van der Waals surface area contributed by atoms with Crippen LogP contribution in [0.4, 0.5) is 0 Å². The van der Waals surface area contributed by atoms with Gasteiger partial charge in [0.1, 0.15) is 11.5 Å². The first-order valence-corrected chi connectivity index (χ1v) is 6.19. The molecule has 0 unspecified atom stereocenters. The Morgan fingerprint density at radius 1 is 1.24 bits per heavy atom. The van der Waals surface area contributed by atoms with Crippen molar-refractivity contribution < 1.29 is 9.47 Å². The second-order valence-corrected chi connectivity index (χ2v) is 4.01. The second kappa shape index (κ2) is 5.09. The molecule has 0 saturated heterocycles. The molecule has 0 aliphatic rings. The zero-order valence-corrected chi connectivity index (χ0v) is 10.7. The summed E-state index contributed by atoms with van der Waals surface area (Å²) >= 11 is 1.49. The monoisotopic (exact) mass is 251 g/mol. The van der Waals surface area contributed by atoms with Crippen LogP contribution in [0.1, 0.15) is 0 Å². The quantitative estimate of drug-likeness (QED) is 0.844. The summed E-state index contributed by atoms with van der Waals surface area (Å²) < 4.78 is 10.5. The number of aromatic nitrogens is 3. The first-order valence-electron chi connectivity index (χ1n) is 4.97. The minimum absolute atomic E-state index is 0.689. The maximum absolute atomic E-state index is 5.31. The number of methoxy groups -OCH3 is 2. The van der Waals surface area contributed by atoms with Gasteiger partial charge in [0.2, 0.25) is 5.16 Å². The molecule has 90 valence electrons. The van der Waals surface area contributed by atoms with Gasteiger partial charge in [0.25, 0.3) is 0 Å². The Labute approximate surface area is 104 Å². The van der Waals surface area contributed by atoms with E-state index >= 15 is 0 Å². The summed E-state index contributed by atoms with van der Waals surface area (Å²) in [4.78, 5) is 4.34. The molecule has 0 saturated carbocycles. The van der Waals surface area contributed by atoms with Crippen molar-refractivity contribution in [3.05, 3.63) is 18.2 Å². The third-order valence-electron chi connectivity index (χ3n) is 2.31. The van der Waals surface area contributed by atoms with Gasteiger partial charge in [0.05, 0.1) is 19.8 Å². The van der Waals surface area contributed by atoms with Gasteiger partial charge in [0.15, 0.2) is 5.82 Å². The van der Waals surface area contributed by atoms with Gasteiger partial charge in [-0.3, -0.25) is 5.10 Å². The minimum atomic E-state index is 0.689. The molecule has 0 radical (unpaired) electrons. The Bertz CT molecular complexity index is 513. The predicted molar refractivity (Wildman–Crippen MR) is 66.7 cm³/mol. The number of ether oxygens (including phenoxy) is 2. The first-order chi connectivity index (χ1) is 8.28. The smallest absolute Gasteiger partial charge is 0.208 e. The Balaban J connectivity index is 2.43. The summed E-state index contributed by atoms with van der Waals surface area (Å²) in [5.41, 5.74) is 0.862. The van der Waals surface area contributed by atoms with Crippen molar-refractivity contribution in [2.45, 2.75) is 5.16 Å². The topological polar surface area (TPSA) is 60.0 Å². The summed E-state index contributed by atoms with van der Waals surface area (Å²) in [6.07, 6.45) is 1.93. The van der Waals surface area contributed by atoms with Crippen LogP contribution < -0.4 is 9.47 Å². The molecule has 5 nitrogen and oxygen atoms in total. The van der Waals surface area contributed by atoms with Crippen LogP contribution in [-0.4, -0.2) is 35.7 Å². The van der Waals surface area contributed by atoms with E-state index in [0.717, 1.165) is 11.3 Å². The molecule has 6 heteroatoms. The number of nitrogens with zero attached hydrogens (tertiary/aromatic N) is 2. The van der Waals surface area contributed by atoms with Crippen LogP contribution in [0.15, 0.2) is 23.4 Å². The Morgan fingerprint density at radius 3 is 2.65 bits per heavy atom. The SMILES string of the molecule is COc1ccc(-c2nc(SC)n[nH]2)c(OC)c1. The van der Waals surface area contributed by atoms with Crippen LogP contribution in [0.5, 0.6) is 11.5 Å². The van der Waals surface area contributed by atoms with Gasteiger partial charge in [-0.15, -0.1) is 5.10 Å². The summed E-state index contributed by atoms with van der Waals surface area (Å²) in [6, 6.07) is 5.57. The van der Waals surface area contributed by atoms with Crippen LogP contribution in [0, 0.1) is 0 Å². The van der Waals surface area contributed by atoms with Crippen LogP contribution in [0.25, 0.3) is 11.4 Å². The molecule has 17 heavy (non-hydrogen) atoms. The predicted octanol–water partition coefficient (Wildman–Crippen LogP) is 2.21. The minimum Gasteiger partial charge on any atom is -0.497 e. The standard InChI is InChI=1S/C11H13N3O2S/c1-15-7-4-5-8(9(6-7)16-2)10-12-11(17-3)14-13-10/h4-6H,1-3H3,(H,12,13,14). The van der Waals surface area contributed by atoms with E-state index in [1.807, 2.05) is 24.5 Å². The summed E-state index contributed by atoms with van der Waals surface area (Å²) in [5.74, 6) is 2.14. The van der Waals surface area contributed by atoms with E-state index < -0.39 is 0 Å². The van der Waals surface area contributed by atoms with E-state index in [4.69, 9.17) is 9.47 Å². The maximum atomic E-state index is 5.31. The molecular formula is C11H13N3O2S. The van der Waals surface area contributed by atoms with Gasteiger partial charge >= 0.3 is 0 Å². The van der Waals surface area contributed by atoms with E-state index in [0.29, 0.717) is 16.7 Å². The van der Waals surface area contributed by atoms with E-state index in [2.05, 4.69) is 15.2 Å². The van der Waals surface area contributed by atoms with Crippen LogP contribution in [0.3, 0.4) is 0 Å². The Hall–Kier alpha value is -1.69. The van der Waals surface area contributed by atoms with Gasteiger partial charge in [-0.1, -0.05) is 11.8 Å². The molecule has 0 atom stereocenters.